The van der Waals surface area contributed by atoms with E-state index in [1.165, 1.54) is 5.56 Å². The van der Waals surface area contributed by atoms with Crippen LogP contribution in [0.15, 0.2) is 22.6 Å². The summed E-state index contributed by atoms with van der Waals surface area (Å²) in [6, 6.07) is 8.45. The zero-order valence-electron chi connectivity index (χ0n) is 12.2. The maximum Gasteiger partial charge on any atom is 0.217 e. The summed E-state index contributed by atoms with van der Waals surface area (Å²) in [5.74, 6) is 1.23. The van der Waals surface area contributed by atoms with Gasteiger partial charge >= 0.3 is 0 Å². The largest absolute Gasteiger partial charge is 0.444 e. The molecule has 1 aromatic carbocycles. The Bertz CT molecular complexity index is 854. The summed E-state index contributed by atoms with van der Waals surface area (Å²) >= 11 is 1.56. The van der Waals surface area contributed by atoms with E-state index in [2.05, 4.69) is 35.4 Å². The lowest BCUT2D eigenvalue weighted by Crippen LogP contribution is -1.90. The number of aryl methyl sites for hydroxylation is 2. The van der Waals surface area contributed by atoms with Gasteiger partial charge in [0.15, 0.2) is 5.13 Å². The highest BCUT2D eigenvalue weighted by Gasteiger charge is 2.16. The van der Waals surface area contributed by atoms with E-state index >= 15 is 0 Å². The van der Waals surface area contributed by atoms with Gasteiger partial charge in [-0.25, -0.2) is 4.98 Å². The van der Waals surface area contributed by atoms with Crippen molar-refractivity contribution in [1.29, 1.82) is 5.26 Å². The van der Waals surface area contributed by atoms with E-state index in [0.29, 0.717) is 11.4 Å². The number of thiazole rings is 1. The quantitative estimate of drug-likeness (QED) is 0.762. The molecule has 3 aromatic rings. The summed E-state index contributed by atoms with van der Waals surface area (Å²) in [6.07, 6.45) is 1.01. The van der Waals surface area contributed by atoms with Crippen LogP contribution in [0.4, 0.5) is 11.0 Å². The topological polar surface area (TPSA) is 61.9 Å². The lowest BCUT2D eigenvalue weighted by Gasteiger charge is -1.97. The highest BCUT2D eigenvalue weighted by molar-refractivity contribution is 7.22. The van der Waals surface area contributed by atoms with Crippen molar-refractivity contribution >= 4 is 32.6 Å². The Balaban J connectivity index is 1.99. The fraction of sp³-hybridized carbons (Fsp3) is 0.250. The summed E-state index contributed by atoms with van der Waals surface area (Å²) in [6.45, 7) is 5.87. The molecule has 0 unspecified atom stereocenters. The number of rotatable bonds is 3. The predicted octanol–water partition coefficient (Wildman–Crippen LogP) is 4.68. The number of anilines is 2. The van der Waals surface area contributed by atoms with Crippen molar-refractivity contribution in [3.8, 4) is 6.07 Å². The Kier molecular flexibility index (Phi) is 3.40. The minimum absolute atomic E-state index is 0.474. The van der Waals surface area contributed by atoms with Crippen molar-refractivity contribution in [2.75, 3.05) is 5.32 Å². The normalized spacial score (nSPS) is 10.8. The molecule has 2 heterocycles. The molecule has 3 rings (SSSR count). The molecule has 0 radical (unpaired) electrons. The number of aromatic nitrogens is 1. The van der Waals surface area contributed by atoms with Crippen molar-refractivity contribution in [1.82, 2.24) is 4.98 Å². The molecule has 0 spiro atoms. The molecule has 0 aliphatic heterocycles. The lowest BCUT2D eigenvalue weighted by atomic mass is 10.2. The van der Waals surface area contributed by atoms with E-state index in [-0.39, 0.29) is 0 Å². The first-order valence-electron chi connectivity index (χ1n) is 6.79. The molecule has 106 valence electrons. The van der Waals surface area contributed by atoms with Crippen LogP contribution in [-0.4, -0.2) is 4.98 Å². The SMILES string of the molecule is CCc1ccc2nc(Nc3oc(C)c(C)c3C#N)sc2c1. The van der Waals surface area contributed by atoms with Gasteiger partial charge in [0.2, 0.25) is 5.88 Å². The first kappa shape index (κ1) is 13.7. The Morgan fingerprint density at radius 1 is 1.38 bits per heavy atom. The summed E-state index contributed by atoms with van der Waals surface area (Å²) in [4.78, 5) is 4.54. The van der Waals surface area contributed by atoms with Crippen LogP contribution in [0.1, 0.15) is 29.4 Å². The van der Waals surface area contributed by atoms with Crippen molar-refractivity contribution in [3.63, 3.8) is 0 Å². The van der Waals surface area contributed by atoms with E-state index in [1.54, 1.807) is 11.3 Å². The van der Waals surface area contributed by atoms with Gasteiger partial charge in [0, 0.05) is 5.56 Å². The average molecular weight is 297 g/mol. The van der Waals surface area contributed by atoms with Crippen LogP contribution >= 0.6 is 11.3 Å². The standard InChI is InChI=1S/C16H15N3OS/c1-4-11-5-6-13-14(7-11)21-16(18-13)19-15-12(8-17)9(2)10(3)20-15/h5-7H,4H2,1-3H3,(H,18,19). The number of hydrogen-bond donors (Lipinski definition) is 1. The molecule has 0 atom stereocenters. The predicted molar refractivity (Wildman–Crippen MR) is 85.2 cm³/mol. The molecule has 0 saturated heterocycles. The summed E-state index contributed by atoms with van der Waals surface area (Å²) in [5.41, 5.74) is 3.66. The molecule has 4 nitrogen and oxygen atoms in total. The lowest BCUT2D eigenvalue weighted by molar-refractivity contribution is 0.548. The zero-order valence-corrected chi connectivity index (χ0v) is 13.0. The Labute approximate surface area is 127 Å². The average Bonchev–Trinajstić information content (AvgIpc) is 2.99. The summed E-state index contributed by atoms with van der Waals surface area (Å²) in [7, 11) is 0. The zero-order chi connectivity index (χ0) is 15.0. The van der Waals surface area contributed by atoms with Crippen LogP contribution in [0, 0.1) is 25.2 Å². The molecule has 0 saturated carbocycles. The number of fused-ring (bicyclic) bond motifs is 1. The Morgan fingerprint density at radius 3 is 2.90 bits per heavy atom. The third-order valence-electron chi connectivity index (χ3n) is 3.58. The summed E-state index contributed by atoms with van der Waals surface area (Å²) in [5, 5.41) is 13.1. The van der Waals surface area contributed by atoms with Gasteiger partial charge in [-0.3, -0.25) is 0 Å². The maximum atomic E-state index is 9.23. The number of furan rings is 1. The minimum Gasteiger partial charge on any atom is -0.444 e. The van der Waals surface area contributed by atoms with Gasteiger partial charge in [-0.05, 0) is 38.0 Å². The number of hydrogen-bond acceptors (Lipinski definition) is 5. The minimum atomic E-state index is 0.474. The van der Waals surface area contributed by atoms with Crippen LogP contribution in [0.5, 0.6) is 0 Å². The van der Waals surface area contributed by atoms with E-state index in [9.17, 15) is 5.26 Å². The van der Waals surface area contributed by atoms with Crippen molar-refractivity contribution < 1.29 is 4.42 Å². The number of nitrogens with zero attached hydrogens (tertiary/aromatic N) is 2. The third kappa shape index (κ3) is 2.39. The van der Waals surface area contributed by atoms with Gasteiger partial charge in [-0.1, -0.05) is 24.3 Å². The summed E-state index contributed by atoms with van der Waals surface area (Å²) < 4.78 is 6.75. The second-order valence-electron chi connectivity index (χ2n) is 4.90. The maximum absolute atomic E-state index is 9.23. The third-order valence-corrected chi connectivity index (χ3v) is 4.51. The molecular weight excluding hydrogens is 282 g/mol. The molecule has 0 bridgehead atoms. The molecule has 0 aliphatic rings. The second-order valence-corrected chi connectivity index (χ2v) is 5.93. The van der Waals surface area contributed by atoms with Crippen molar-refractivity contribution in [2.45, 2.75) is 27.2 Å². The number of benzene rings is 1. The smallest absolute Gasteiger partial charge is 0.217 e. The highest BCUT2D eigenvalue weighted by Crippen LogP contribution is 2.32. The highest BCUT2D eigenvalue weighted by atomic mass is 32.1. The van der Waals surface area contributed by atoms with Crippen molar-refractivity contribution in [2.24, 2.45) is 0 Å². The van der Waals surface area contributed by atoms with Crippen LogP contribution < -0.4 is 5.32 Å². The van der Waals surface area contributed by atoms with Crippen LogP contribution in [0.25, 0.3) is 10.2 Å². The van der Waals surface area contributed by atoms with Gasteiger partial charge in [-0.2, -0.15) is 5.26 Å². The van der Waals surface area contributed by atoms with Crippen LogP contribution in [-0.2, 0) is 6.42 Å². The fourth-order valence-corrected chi connectivity index (χ4v) is 3.11. The molecule has 5 heteroatoms. The molecule has 1 N–H and O–H groups in total. The van der Waals surface area contributed by atoms with Crippen LogP contribution in [0.2, 0.25) is 0 Å². The second kappa shape index (κ2) is 5.23. The molecule has 0 fully saturated rings. The molecular formula is C16H15N3OS. The first-order chi connectivity index (χ1) is 10.1. The number of nitriles is 1. The van der Waals surface area contributed by atoms with Gasteiger partial charge in [0.1, 0.15) is 17.4 Å². The number of nitrogens with one attached hydrogen (secondary N) is 1. The Morgan fingerprint density at radius 2 is 2.19 bits per heavy atom. The van der Waals surface area contributed by atoms with Gasteiger partial charge in [-0.15, -0.1) is 0 Å². The first-order valence-corrected chi connectivity index (χ1v) is 7.60. The van der Waals surface area contributed by atoms with Gasteiger partial charge in [0.25, 0.3) is 0 Å². The molecule has 0 amide bonds. The molecule has 2 aromatic heterocycles. The van der Waals surface area contributed by atoms with Gasteiger partial charge in [0.05, 0.1) is 10.2 Å². The van der Waals surface area contributed by atoms with E-state index in [4.69, 9.17) is 4.42 Å². The molecule has 21 heavy (non-hydrogen) atoms. The molecule has 0 aliphatic carbocycles. The van der Waals surface area contributed by atoms with E-state index < -0.39 is 0 Å². The fourth-order valence-electron chi connectivity index (χ4n) is 2.19. The monoisotopic (exact) mass is 297 g/mol. The van der Waals surface area contributed by atoms with Crippen molar-refractivity contribution in [3.05, 3.63) is 40.6 Å². The van der Waals surface area contributed by atoms with E-state index in [0.717, 1.165) is 33.1 Å². The van der Waals surface area contributed by atoms with Gasteiger partial charge < -0.3 is 9.73 Å². The van der Waals surface area contributed by atoms with Crippen LogP contribution in [0.3, 0.4) is 0 Å². The van der Waals surface area contributed by atoms with E-state index in [1.807, 2.05) is 19.9 Å². The Hall–Kier alpha value is -2.32.